The minimum Gasteiger partial charge on any atom is -0.366 e. The molecule has 0 aliphatic rings. The number of hydrogen-bond donors (Lipinski definition) is 3. The molecule has 0 saturated carbocycles. The van der Waals surface area contributed by atoms with Crippen LogP contribution in [-0.4, -0.2) is 20.4 Å². The standard InChI is InChI=1S/C22H20FN5O2/c1-11-10-13(23)4-6-15(11)26-22-27-17-7-5-14-12(2)16(8-9-18(24)29)25-21(30)19(14)20(17)28(22)3/h4-10H,1-3H3,(H2,24,29)(H,25,30)(H,26,27). The molecule has 1 amide bonds. The van der Waals surface area contributed by atoms with Gasteiger partial charge in [-0.05, 0) is 60.7 Å². The van der Waals surface area contributed by atoms with Crippen molar-refractivity contribution in [3.63, 3.8) is 0 Å². The molecule has 0 unspecified atom stereocenters. The number of benzene rings is 2. The summed E-state index contributed by atoms with van der Waals surface area (Å²) in [4.78, 5) is 31.4. The number of primary amides is 1. The van der Waals surface area contributed by atoms with Crippen LogP contribution in [-0.2, 0) is 11.8 Å². The van der Waals surface area contributed by atoms with E-state index in [1.54, 1.807) is 17.6 Å². The third-order valence-corrected chi connectivity index (χ3v) is 5.17. The molecule has 4 aromatic rings. The van der Waals surface area contributed by atoms with Gasteiger partial charge >= 0.3 is 0 Å². The van der Waals surface area contributed by atoms with Gasteiger partial charge in [0.25, 0.3) is 5.56 Å². The van der Waals surface area contributed by atoms with Gasteiger partial charge in [-0.3, -0.25) is 9.59 Å². The molecule has 0 radical (unpaired) electrons. The highest BCUT2D eigenvalue weighted by Crippen LogP contribution is 2.29. The van der Waals surface area contributed by atoms with Gasteiger partial charge in [0.2, 0.25) is 11.9 Å². The molecular weight excluding hydrogens is 385 g/mol. The average molecular weight is 405 g/mol. The van der Waals surface area contributed by atoms with Gasteiger partial charge in [0.05, 0.1) is 16.4 Å². The third-order valence-electron chi connectivity index (χ3n) is 5.17. The fourth-order valence-electron chi connectivity index (χ4n) is 3.60. The summed E-state index contributed by atoms with van der Waals surface area (Å²) in [5.41, 5.74) is 8.99. The largest absolute Gasteiger partial charge is 0.366 e. The topological polar surface area (TPSA) is 106 Å². The number of H-pyrrole nitrogens is 1. The molecule has 2 heterocycles. The Morgan fingerprint density at radius 2 is 2.03 bits per heavy atom. The predicted molar refractivity (Wildman–Crippen MR) is 116 cm³/mol. The summed E-state index contributed by atoms with van der Waals surface area (Å²) >= 11 is 0. The number of imidazole rings is 1. The van der Waals surface area contributed by atoms with Gasteiger partial charge in [-0.25, -0.2) is 9.37 Å². The quantitative estimate of drug-likeness (QED) is 0.452. The van der Waals surface area contributed by atoms with Crippen molar-refractivity contribution in [2.24, 2.45) is 12.8 Å². The Morgan fingerprint density at radius 1 is 1.27 bits per heavy atom. The first-order valence-electron chi connectivity index (χ1n) is 9.29. The van der Waals surface area contributed by atoms with Gasteiger partial charge < -0.3 is 20.6 Å². The van der Waals surface area contributed by atoms with Crippen LogP contribution in [0.3, 0.4) is 0 Å². The highest BCUT2D eigenvalue weighted by Gasteiger charge is 2.16. The predicted octanol–water partition coefficient (Wildman–Crippen LogP) is 3.41. The highest BCUT2D eigenvalue weighted by atomic mass is 19.1. The number of aromatic amines is 1. The number of hydrogen-bond acceptors (Lipinski definition) is 4. The molecule has 7 nitrogen and oxygen atoms in total. The van der Waals surface area contributed by atoms with Crippen molar-refractivity contribution in [2.45, 2.75) is 13.8 Å². The molecule has 2 aromatic heterocycles. The Labute approximate surface area is 171 Å². The smallest absolute Gasteiger partial charge is 0.258 e. The Hall–Kier alpha value is -3.94. The van der Waals surface area contributed by atoms with Crippen LogP contribution >= 0.6 is 0 Å². The first-order chi connectivity index (χ1) is 14.3. The van der Waals surface area contributed by atoms with Crippen molar-refractivity contribution in [2.75, 3.05) is 5.32 Å². The summed E-state index contributed by atoms with van der Waals surface area (Å²) < 4.78 is 15.2. The molecule has 4 N–H and O–H groups in total. The first-order valence-corrected chi connectivity index (χ1v) is 9.29. The summed E-state index contributed by atoms with van der Waals surface area (Å²) in [6.07, 6.45) is 2.70. The summed E-state index contributed by atoms with van der Waals surface area (Å²) in [7, 11) is 1.81. The second-order valence-corrected chi connectivity index (χ2v) is 7.16. The zero-order valence-corrected chi connectivity index (χ0v) is 16.7. The summed E-state index contributed by atoms with van der Waals surface area (Å²) in [6, 6.07) is 8.15. The van der Waals surface area contributed by atoms with E-state index in [1.165, 1.54) is 24.3 Å². The highest BCUT2D eigenvalue weighted by molar-refractivity contribution is 6.06. The lowest BCUT2D eigenvalue weighted by Gasteiger charge is -2.10. The van der Waals surface area contributed by atoms with Crippen molar-refractivity contribution in [3.05, 3.63) is 69.4 Å². The van der Waals surface area contributed by atoms with E-state index in [0.29, 0.717) is 28.1 Å². The van der Waals surface area contributed by atoms with Crippen molar-refractivity contribution >= 4 is 45.4 Å². The van der Waals surface area contributed by atoms with Crippen molar-refractivity contribution in [3.8, 4) is 0 Å². The maximum Gasteiger partial charge on any atom is 0.258 e. The van der Waals surface area contributed by atoms with E-state index in [4.69, 9.17) is 5.73 Å². The lowest BCUT2D eigenvalue weighted by molar-refractivity contribution is -0.113. The average Bonchev–Trinajstić information content (AvgIpc) is 3.01. The van der Waals surface area contributed by atoms with Crippen LogP contribution in [0.25, 0.3) is 27.9 Å². The molecule has 0 spiro atoms. The molecule has 0 fully saturated rings. The van der Waals surface area contributed by atoms with Crippen LogP contribution in [0.1, 0.15) is 16.8 Å². The summed E-state index contributed by atoms with van der Waals surface area (Å²) in [6.45, 7) is 3.67. The van der Waals surface area contributed by atoms with Gasteiger partial charge in [-0.1, -0.05) is 6.07 Å². The SMILES string of the molecule is Cc1cc(F)ccc1Nc1nc2ccc3c(C)c(C=CC(N)=O)[nH]c(=O)c3c2n1C. The number of fused-ring (bicyclic) bond motifs is 3. The van der Waals surface area contributed by atoms with E-state index in [9.17, 15) is 14.0 Å². The van der Waals surface area contributed by atoms with Crippen LogP contribution in [0.4, 0.5) is 16.0 Å². The second-order valence-electron chi connectivity index (χ2n) is 7.16. The van der Waals surface area contributed by atoms with Gasteiger partial charge in [0.1, 0.15) is 5.82 Å². The molecule has 0 aliphatic carbocycles. The summed E-state index contributed by atoms with van der Waals surface area (Å²) in [5, 5.41) is 4.46. The number of amides is 1. The number of pyridine rings is 1. The number of carbonyl (C=O) groups excluding carboxylic acids is 1. The third kappa shape index (κ3) is 3.22. The molecule has 0 saturated heterocycles. The number of nitrogens with two attached hydrogens (primary N) is 1. The van der Waals surface area contributed by atoms with Crippen LogP contribution in [0.5, 0.6) is 0 Å². The van der Waals surface area contributed by atoms with Gasteiger partial charge in [0, 0.05) is 24.5 Å². The fraction of sp³-hybridized carbons (Fsp3) is 0.136. The van der Waals surface area contributed by atoms with E-state index in [1.807, 2.05) is 26.1 Å². The zero-order chi connectivity index (χ0) is 21.6. The molecule has 30 heavy (non-hydrogen) atoms. The van der Waals surface area contributed by atoms with Gasteiger partial charge in [0.15, 0.2) is 0 Å². The van der Waals surface area contributed by atoms with Crippen LogP contribution in [0, 0.1) is 19.7 Å². The number of aryl methyl sites for hydroxylation is 3. The van der Waals surface area contributed by atoms with E-state index in [-0.39, 0.29) is 11.4 Å². The Morgan fingerprint density at radius 3 is 2.73 bits per heavy atom. The maximum absolute atomic E-state index is 13.4. The molecule has 0 atom stereocenters. The van der Waals surface area contributed by atoms with Crippen LogP contribution < -0.4 is 16.6 Å². The Balaban J connectivity index is 1.91. The monoisotopic (exact) mass is 405 g/mol. The Kier molecular flexibility index (Phi) is 4.62. The van der Waals surface area contributed by atoms with Gasteiger partial charge in [-0.2, -0.15) is 0 Å². The zero-order valence-electron chi connectivity index (χ0n) is 16.7. The van der Waals surface area contributed by atoms with Gasteiger partial charge in [-0.15, -0.1) is 0 Å². The normalized spacial score (nSPS) is 11.6. The number of carbonyl (C=O) groups is 1. The Bertz CT molecular complexity index is 1420. The maximum atomic E-state index is 13.4. The molecule has 2 aromatic carbocycles. The number of nitrogens with one attached hydrogen (secondary N) is 2. The van der Waals surface area contributed by atoms with E-state index >= 15 is 0 Å². The lowest BCUT2D eigenvalue weighted by atomic mass is 10.0. The minimum atomic E-state index is -0.593. The number of rotatable bonds is 4. The summed E-state index contributed by atoms with van der Waals surface area (Å²) in [5.74, 6) is -0.372. The number of nitrogens with zero attached hydrogens (tertiary/aromatic N) is 2. The van der Waals surface area contributed by atoms with E-state index in [0.717, 1.165) is 22.2 Å². The minimum absolute atomic E-state index is 0.294. The van der Waals surface area contributed by atoms with E-state index < -0.39 is 5.91 Å². The molecule has 0 bridgehead atoms. The van der Waals surface area contributed by atoms with Crippen molar-refractivity contribution in [1.29, 1.82) is 0 Å². The molecule has 152 valence electrons. The number of anilines is 2. The molecule has 4 rings (SSSR count). The molecule has 8 heteroatoms. The fourth-order valence-corrected chi connectivity index (χ4v) is 3.60. The second kappa shape index (κ2) is 7.14. The molecular formula is C22H20FN5O2. The van der Waals surface area contributed by atoms with Crippen molar-refractivity contribution in [1.82, 2.24) is 14.5 Å². The number of aromatic nitrogens is 3. The van der Waals surface area contributed by atoms with Crippen LogP contribution in [0.2, 0.25) is 0 Å². The molecule has 0 aliphatic heterocycles. The number of halogens is 1. The first kappa shape index (κ1) is 19.4. The lowest BCUT2D eigenvalue weighted by Crippen LogP contribution is -2.12. The van der Waals surface area contributed by atoms with Crippen molar-refractivity contribution < 1.29 is 9.18 Å². The van der Waals surface area contributed by atoms with E-state index in [2.05, 4.69) is 15.3 Å². The van der Waals surface area contributed by atoms with Crippen LogP contribution in [0.15, 0.2) is 41.2 Å².